The van der Waals surface area contributed by atoms with Crippen molar-refractivity contribution in [1.82, 2.24) is 15.0 Å². The lowest BCUT2D eigenvalue weighted by Crippen LogP contribution is -2.00. The normalized spacial score (nSPS) is 10.5. The van der Waals surface area contributed by atoms with Crippen molar-refractivity contribution < 1.29 is 0 Å². The second-order valence-electron chi connectivity index (χ2n) is 9.32. The number of hydrogen-bond donors (Lipinski definition) is 0. The van der Waals surface area contributed by atoms with E-state index in [2.05, 4.69) is 18.2 Å². The Bertz CT molecular complexity index is 1940. The molecular weight excluding hydrogens is 526 g/mol. The van der Waals surface area contributed by atoms with Crippen LogP contribution in [0.4, 0.5) is 0 Å². The van der Waals surface area contributed by atoms with E-state index in [0.29, 0.717) is 33.6 Å². The number of benzene rings is 5. The van der Waals surface area contributed by atoms with Gasteiger partial charge in [0.05, 0.1) is 23.3 Å². The van der Waals surface area contributed by atoms with Gasteiger partial charge in [0.2, 0.25) is 0 Å². The summed E-state index contributed by atoms with van der Waals surface area (Å²) in [5, 5.41) is 19.2. The highest BCUT2D eigenvalue weighted by Crippen LogP contribution is 2.36. The first kappa shape index (κ1) is 25.6. The van der Waals surface area contributed by atoms with Gasteiger partial charge in [-0.15, -0.1) is 0 Å². The van der Waals surface area contributed by atoms with Gasteiger partial charge in [0.25, 0.3) is 0 Å². The predicted octanol–water partition coefficient (Wildman–Crippen LogP) is 8.60. The minimum absolute atomic E-state index is 0.532. The third-order valence-electron chi connectivity index (χ3n) is 6.70. The number of hydrogen-bond acceptors (Lipinski definition) is 5. The fourth-order valence-corrected chi connectivity index (χ4v) is 4.70. The summed E-state index contributed by atoms with van der Waals surface area (Å²) in [5.74, 6) is 1.64. The van der Waals surface area contributed by atoms with Crippen molar-refractivity contribution in [3.63, 3.8) is 0 Å². The summed E-state index contributed by atoms with van der Waals surface area (Å²) in [6.07, 6.45) is 0. The molecule has 6 aromatic rings. The van der Waals surface area contributed by atoms with Crippen LogP contribution in [-0.2, 0) is 0 Å². The van der Waals surface area contributed by atoms with Gasteiger partial charge >= 0.3 is 0 Å². The van der Waals surface area contributed by atoms with Crippen molar-refractivity contribution in [2.45, 2.75) is 0 Å². The van der Waals surface area contributed by atoms with Crippen molar-refractivity contribution in [1.29, 1.82) is 10.5 Å². The zero-order valence-corrected chi connectivity index (χ0v) is 22.4. The van der Waals surface area contributed by atoms with Crippen molar-refractivity contribution in [2.24, 2.45) is 0 Å². The lowest BCUT2D eigenvalue weighted by atomic mass is 9.92. The number of nitriles is 2. The lowest BCUT2D eigenvalue weighted by molar-refractivity contribution is 1.07. The molecule has 5 aromatic carbocycles. The second kappa shape index (κ2) is 11.2. The molecule has 0 radical (unpaired) electrons. The Morgan fingerprint density at radius 1 is 0.439 bits per heavy atom. The molecule has 1 aromatic heterocycles. The van der Waals surface area contributed by atoms with Crippen LogP contribution in [-0.4, -0.2) is 15.0 Å². The molecule has 0 amide bonds. The van der Waals surface area contributed by atoms with Gasteiger partial charge in [-0.2, -0.15) is 10.5 Å². The van der Waals surface area contributed by atoms with Gasteiger partial charge in [0.1, 0.15) is 0 Å². The van der Waals surface area contributed by atoms with Crippen molar-refractivity contribution in [3.8, 4) is 68.6 Å². The number of aromatic nitrogens is 3. The van der Waals surface area contributed by atoms with Crippen LogP contribution in [0.1, 0.15) is 11.1 Å². The monoisotopic (exact) mass is 545 g/mol. The second-order valence-corrected chi connectivity index (χ2v) is 9.75. The van der Waals surface area contributed by atoms with Gasteiger partial charge < -0.3 is 0 Å². The Morgan fingerprint density at radius 3 is 1.41 bits per heavy atom. The van der Waals surface area contributed by atoms with E-state index in [4.69, 9.17) is 26.6 Å². The quantitative estimate of drug-likeness (QED) is 0.216. The van der Waals surface area contributed by atoms with Gasteiger partial charge in [0, 0.05) is 21.7 Å². The molecule has 0 unspecified atom stereocenters. The minimum Gasteiger partial charge on any atom is -0.208 e. The molecule has 0 spiro atoms. The van der Waals surface area contributed by atoms with Gasteiger partial charge in [-0.3, -0.25) is 0 Å². The molecule has 0 saturated heterocycles. The first-order valence-electron chi connectivity index (χ1n) is 12.8. The molecule has 0 atom stereocenters. The van der Waals surface area contributed by atoms with Crippen LogP contribution < -0.4 is 0 Å². The first-order valence-corrected chi connectivity index (χ1v) is 13.2. The van der Waals surface area contributed by atoms with Crippen LogP contribution >= 0.6 is 11.6 Å². The number of halogens is 1. The molecule has 0 aliphatic rings. The molecule has 0 saturated carbocycles. The zero-order valence-electron chi connectivity index (χ0n) is 21.7. The Labute approximate surface area is 242 Å². The van der Waals surface area contributed by atoms with E-state index in [1.54, 1.807) is 12.1 Å². The molecule has 192 valence electrons. The summed E-state index contributed by atoms with van der Waals surface area (Å²) in [6, 6.07) is 42.7. The van der Waals surface area contributed by atoms with Gasteiger partial charge in [-0.05, 0) is 76.9 Å². The maximum Gasteiger partial charge on any atom is 0.164 e. The number of nitrogens with zero attached hydrogens (tertiary/aromatic N) is 5. The Kier molecular flexibility index (Phi) is 7.03. The maximum atomic E-state index is 9.32. The van der Waals surface area contributed by atoms with Crippen LogP contribution in [0.15, 0.2) is 121 Å². The topological polar surface area (TPSA) is 86.2 Å². The zero-order chi connectivity index (χ0) is 28.2. The third-order valence-corrected chi connectivity index (χ3v) is 6.95. The molecule has 0 aliphatic carbocycles. The molecule has 41 heavy (non-hydrogen) atoms. The highest BCUT2D eigenvalue weighted by Gasteiger charge is 2.15. The van der Waals surface area contributed by atoms with E-state index < -0.39 is 0 Å². The van der Waals surface area contributed by atoms with E-state index in [9.17, 15) is 10.5 Å². The standard InChI is InChI=1S/C35H20ClN5/c36-30-17-14-28(15-18-30)34-39-33(27-4-2-1-3-5-27)40-35(41-34)29-16-19-31(25-10-6-23(21-37)7-11-25)32(20-29)26-12-8-24(22-38)9-13-26/h1-20H. The fourth-order valence-electron chi connectivity index (χ4n) is 4.57. The summed E-state index contributed by atoms with van der Waals surface area (Å²) in [4.78, 5) is 14.5. The highest BCUT2D eigenvalue weighted by molar-refractivity contribution is 6.30. The largest absolute Gasteiger partial charge is 0.208 e. The van der Waals surface area contributed by atoms with E-state index in [1.165, 1.54) is 0 Å². The molecular formula is C35H20ClN5. The molecule has 6 heteroatoms. The van der Waals surface area contributed by atoms with Crippen LogP contribution in [0.25, 0.3) is 56.4 Å². The lowest BCUT2D eigenvalue weighted by Gasteiger charge is -2.14. The molecule has 1 heterocycles. The summed E-state index contributed by atoms with van der Waals surface area (Å²) in [5.41, 5.74) is 7.56. The molecule has 6 rings (SSSR count). The van der Waals surface area contributed by atoms with E-state index >= 15 is 0 Å². The van der Waals surface area contributed by atoms with Crippen LogP contribution in [0.2, 0.25) is 5.02 Å². The molecule has 0 N–H and O–H groups in total. The maximum absolute atomic E-state index is 9.32. The average Bonchev–Trinajstić information content (AvgIpc) is 3.05. The van der Waals surface area contributed by atoms with E-state index in [0.717, 1.165) is 38.9 Å². The van der Waals surface area contributed by atoms with Crippen LogP contribution in [0.3, 0.4) is 0 Å². The Hall–Kier alpha value is -5.62. The summed E-state index contributed by atoms with van der Waals surface area (Å²) in [6.45, 7) is 0. The van der Waals surface area contributed by atoms with Gasteiger partial charge in [-0.25, -0.2) is 15.0 Å². The first-order chi connectivity index (χ1) is 20.1. The summed E-state index contributed by atoms with van der Waals surface area (Å²) in [7, 11) is 0. The summed E-state index contributed by atoms with van der Waals surface area (Å²) < 4.78 is 0. The minimum atomic E-state index is 0.532. The molecule has 0 bridgehead atoms. The predicted molar refractivity (Wildman–Crippen MR) is 161 cm³/mol. The van der Waals surface area contributed by atoms with Crippen LogP contribution in [0, 0.1) is 22.7 Å². The van der Waals surface area contributed by atoms with Crippen molar-refractivity contribution in [2.75, 3.05) is 0 Å². The Balaban J connectivity index is 1.54. The van der Waals surface area contributed by atoms with Crippen molar-refractivity contribution in [3.05, 3.63) is 137 Å². The molecule has 0 aliphatic heterocycles. The molecule has 5 nitrogen and oxygen atoms in total. The van der Waals surface area contributed by atoms with Crippen molar-refractivity contribution >= 4 is 11.6 Å². The highest BCUT2D eigenvalue weighted by atomic mass is 35.5. The van der Waals surface area contributed by atoms with Crippen LogP contribution in [0.5, 0.6) is 0 Å². The van der Waals surface area contributed by atoms with Gasteiger partial charge in [-0.1, -0.05) is 78.3 Å². The van der Waals surface area contributed by atoms with Gasteiger partial charge in [0.15, 0.2) is 17.5 Å². The smallest absolute Gasteiger partial charge is 0.164 e. The Morgan fingerprint density at radius 2 is 0.878 bits per heavy atom. The fraction of sp³-hybridized carbons (Fsp3) is 0. The number of rotatable bonds is 5. The SMILES string of the molecule is N#Cc1ccc(-c2ccc(-c3nc(-c4ccccc4)nc(-c4ccc(Cl)cc4)n3)cc2-c2ccc(C#N)cc2)cc1. The van der Waals surface area contributed by atoms with E-state index in [-0.39, 0.29) is 0 Å². The van der Waals surface area contributed by atoms with E-state index in [1.807, 2.05) is 103 Å². The molecule has 0 fully saturated rings. The summed E-state index contributed by atoms with van der Waals surface area (Å²) >= 11 is 6.14. The average molecular weight is 546 g/mol. The third kappa shape index (κ3) is 5.44.